The lowest BCUT2D eigenvalue weighted by atomic mass is 10.1. The number of rotatable bonds is 10. The van der Waals surface area contributed by atoms with Crippen LogP contribution in [0.4, 0.5) is 0 Å². The Kier molecular flexibility index (Phi) is 10.9. The molecule has 4 heteroatoms. The molecule has 0 radical (unpaired) electrons. The molecule has 0 N–H and O–H groups in total. The lowest BCUT2D eigenvalue weighted by Crippen LogP contribution is -2.09. The van der Waals surface area contributed by atoms with E-state index in [1.165, 1.54) is 42.3 Å². The predicted molar refractivity (Wildman–Crippen MR) is 111 cm³/mol. The van der Waals surface area contributed by atoms with Crippen molar-refractivity contribution in [3.63, 3.8) is 0 Å². The van der Waals surface area contributed by atoms with Gasteiger partial charge in [0.05, 0.1) is 0 Å². The zero-order valence-electron chi connectivity index (χ0n) is 14.4. The first-order valence-corrected chi connectivity index (χ1v) is 11.0. The van der Waals surface area contributed by atoms with Crippen LogP contribution in [0.15, 0.2) is 34.7 Å². The largest absolute Gasteiger partial charge is 0.282 e. The van der Waals surface area contributed by atoms with E-state index in [0.717, 1.165) is 23.3 Å². The van der Waals surface area contributed by atoms with Crippen molar-refractivity contribution in [1.29, 1.82) is 0 Å². The van der Waals surface area contributed by atoms with Gasteiger partial charge in [-0.3, -0.25) is 4.79 Å². The molecule has 1 unspecified atom stereocenters. The van der Waals surface area contributed by atoms with Crippen LogP contribution in [0.2, 0.25) is 0 Å². The molecule has 0 aliphatic rings. The molecule has 0 aliphatic heterocycles. The number of unbranched alkanes of at least 4 members (excludes halogenated alkanes) is 3. The Labute approximate surface area is 155 Å². The zero-order chi connectivity index (χ0) is 17.1. The molecule has 0 aliphatic carbocycles. The second kappa shape index (κ2) is 12.1. The van der Waals surface area contributed by atoms with Gasteiger partial charge in [-0.05, 0) is 43.4 Å². The number of carbonyl (C=O) groups excluding carboxylic acids is 1. The lowest BCUT2D eigenvalue weighted by Gasteiger charge is -2.13. The van der Waals surface area contributed by atoms with Crippen molar-refractivity contribution in [2.75, 3.05) is 12.0 Å². The highest BCUT2D eigenvalue weighted by atomic mass is 32.2. The van der Waals surface area contributed by atoms with E-state index in [9.17, 15) is 4.79 Å². The van der Waals surface area contributed by atoms with Crippen LogP contribution in [-0.2, 0) is 4.79 Å². The molecular weight excluding hydrogens is 340 g/mol. The van der Waals surface area contributed by atoms with Crippen LogP contribution < -0.4 is 0 Å². The predicted octanol–water partition coefficient (Wildman–Crippen LogP) is 6.34. The van der Waals surface area contributed by atoms with E-state index in [1.54, 1.807) is 11.8 Å². The van der Waals surface area contributed by atoms with Gasteiger partial charge in [-0.25, -0.2) is 0 Å². The summed E-state index contributed by atoms with van der Waals surface area (Å²) in [7, 11) is 0. The molecule has 0 aromatic heterocycles. The van der Waals surface area contributed by atoms with E-state index in [-0.39, 0.29) is 5.12 Å². The van der Waals surface area contributed by atoms with Crippen LogP contribution in [0.5, 0.6) is 0 Å². The van der Waals surface area contributed by atoms with Crippen molar-refractivity contribution in [3.05, 3.63) is 35.4 Å². The molecule has 23 heavy (non-hydrogen) atoms. The molecule has 0 spiro atoms. The summed E-state index contributed by atoms with van der Waals surface area (Å²) >= 11 is 7.58. The summed E-state index contributed by atoms with van der Waals surface area (Å²) < 4.78 is 0. The van der Waals surface area contributed by atoms with Gasteiger partial charge in [0.25, 0.3) is 0 Å². The van der Waals surface area contributed by atoms with E-state index in [1.807, 2.05) is 13.0 Å². The average molecular weight is 369 g/mol. The van der Waals surface area contributed by atoms with Crippen molar-refractivity contribution in [2.24, 2.45) is 0 Å². The van der Waals surface area contributed by atoms with Crippen LogP contribution in [-0.4, -0.2) is 22.4 Å². The van der Waals surface area contributed by atoms with Gasteiger partial charge in [-0.1, -0.05) is 56.5 Å². The molecule has 0 bridgehead atoms. The molecule has 1 atom stereocenters. The fourth-order valence-corrected chi connectivity index (χ4v) is 3.96. The van der Waals surface area contributed by atoms with E-state index in [4.69, 9.17) is 0 Å². The summed E-state index contributed by atoms with van der Waals surface area (Å²) in [5.74, 6) is 0.762. The van der Waals surface area contributed by atoms with Gasteiger partial charge in [-0.15, -0.1) is 11.8 Å². The van der Waals surface area contributed by atoms with Crippen molar-refractivity contribution < 1.29 is 4.79 Å². The Morgan fingerprint density at radius 1 is 1.22 bits per heavy atom. The molecule has 0 amide bonds. The van der Waals surface area contributed by atoms with Crippen LogP contribution in [0.1, 0.15) is 51.5 Å². The summed E-state index contributed by atoms with van der Waals surface area (Å²) in [6.07, 6.45) is 10.1. The van der Waals surface area contributed by atoms with E-state index >= 15 is 0 Å². The summed E-state index contributed by atoms with van der Waals surface area (Å²) in [4.78, 5) is 13.6. The maximum absolute atomic E-state index is 12.4. The van der Waals surface area contributed by atoms with Crippen molar-refractivity contribution in [3.8, 4) is 0 Å². The van der Waals surface area contributed by atoms with E-state index in [2.05, 4.69) is 50.1 Å². The standard InChI is InChI=1S/C19H28OS3/c1-4-5-6-7-8-18(14-21)23-19(20)15(2)13-16-9-11-17(22-3)12-10-16/h9-13,18,21H,4-8,14H2,1-3H3/b15-13+. The summed E-state index contributed by atoms with van der Waals surface area (Å²) in [5.41, 5.74) is 1.90. The zero-order valence-corrected chi connectivity index (χ0v) is 16.9. The molecule has 0 heterocycles. The molecule has 0 saturated heterocycles. The quantitative estimate of drug-likeness (QED) is 0.225. The van der Waals surface area contributed by atoms with Crippen LogP contribution >= 0.6 is 36.2 Å². The lowest BCUT2D eigenvalue weighted by molar-refractivity contribution is -0.107. The van der Waals surface area contributed by atoms with Gasteiger partial charge in [0.1, 0.15) is 0 Å². The van der Waals surface area contributed by atoms with Gasteiger partial charge in [0, 0.05) is 21.5 Å². The molecule has 1 aromatic carbocycles. The van der Waals surface area contributed by atoms with E-state index in [0.29, 0.717) is 5.25 Å². The smallest absolute Gasteiger partial charge is 0.215 e. The van der Waals surface area contributed by atoms with Gasteiger partial charge in [0.2, 0.25) is 5.12 Å². The minimum absolute atomic E-state index is 0.175. The summed E-state index contributed by atoms with van der Waals surface area (Å²) in [6.45, 7) is 4.12. The number of hydrogen-bond donors (Lipinski definition) is 1. The van der Waals surface area contributed by atoms with Crippen molar-refractivity contribution >= 4 is 47.3 Å². The minimum atomic E-state index is 0.175. The third kappa shape index (κ3) is 8.37. The normalized spacial score (nSPS) is 13.1. The second-order valence-electron chi connectivity index (χ2n) is 5.66. The fraction of sp³-hybridized carbons (Fsp3) is 0.526. The van der Waals surface area contributed by atoms with Crippen LogP contribution in [0.25, 0.3) is 6.08 Å². The first kappa shape index (κ1) is 20.7. The Balaban J connectivity index is 2.54. The Hall–Kier alpha value is -0.320. The third-order valence-corrected chi connectivity index (χ3v) is 6.38. The van der Waals surface area contributed by atoms with Gasteiger partial charge in [0.15, 0.2) is 0 Å². The molecule has 1 aromatic rings. The van der Waals surface area contributed by atoms with E-state index < -0.39 is 0 Å². The third-order valence-electron chi connectivity index (χ3n) is 3.68. The monoisotopic (exact) mass is 368 g/mol. The molecule has 0 fully saturated rings. The Morgan fingerprint density at radius 2 is 1.91 bits per heavy atom. The number of carbonyl (C=O) groups is 1. The number of thioether (sulfide) groups is 2. The molecular formula is C19H28OS3. The van der Waals surface area contributed by atoms with Crippen LogP contribution in [0.3, 0.4) is 0 Å². The van der Waals surface area contributed by atoms with Gasteiger partial charge in [-0.2, -0.15) is 12.6 Å². The Morgan fingerprint density at radius 3 is 2.48 bits per heavy atom. The highest BCUT2D eigenvalue weighted by Crippen LogP contribution is 2.24. The molecule has 1 rings (SSSR count). The highest BCUT2D eigenvalue weighted by Gasteiger charge is 2.14. The maximum atomic E-state index is 12.4. The number of hydrogen-bond acceptors (Lipinski definition) is 4. The number of benzene rings is 1. The summed E-state index contributed by atoms with van der Waals surface area (Å²) in [6, 6.07) is 8.31. The second-order valence-corrected chi connectivity index (χ2v) is 8.18. The van der Waals surface area contributed by atoms with Crippen molar-refractivity contribution in [2.45, 2.75) is 56.1 Å². The topological polar surface area (TPSA) is 17.1 Å². The Bertz CT molecular complexity index is 494. The molecule has 128 valence electrons. The van der Waals surface area contributed by atoms with Crippen LogP contribution in [0, 0.1) is 0 Å². The molecule has 1 nitrogen and oxygen atoms in total. The first-order chi connectivity index (χ1) is 11.1. The van der Waals surface area contributed by atoms with Gasteiger partial charge < -0.3 is 0 Å². The highest BCUT2D eigenvalue weighted by molar-refractivity contribution is 8.15. The summed E-state index contributed by atoms with van der Waals surface area (Å²) in [5, 5.41) is 0.499. The average Bonchev–Trinajstić information content (AvgIpc) is 2.58. The van der Waals surface area contributed by atoms with Crippen molar-refractivity contribution in [1.82, 2.24) is 0 Å². The molecule has 0 saturated carbocycles. The first-order valence-electron chi connectivity index (χ1n) is 8.24. The fourth-order valence-electron chi connectivity index (χ4n) is 2.24. The minimum Gasteiger partial charge on any atom is -0.282 e. The maximum Gasteiger partial charge on any atom is 0.215 e. The SMILES string of the molecule is CCCCCCC(CS)SC(=O)/C(C)=C/c1ccc(SC)cc1. The number of thiol groups is 1. The van der Waals surface area contributed by atoms with Gasteiger partial charge >= 0.3 is 0 Å².